The summed E-state index contributed by atoms with van der Waals surface area (Å²) in [6.45, 7) is 5.00. The van der Waals surface area contributed by atoms with Crippen LogP contribution in [0.15, 0.2) is 4.79 Å². The Morgan fingerprint density at radius 1 is 0.964 bits per heavy atom. The summed E-state index contributed by atoms with van der Waals surface area (Å²) in [7, 11) is 0. The van der Waals surface area contributed by atoms with Crippen molar-refractivity contribution in [3.8, 4) is 0 Å². The van der Waals surface area contributed by atoms with Crippen LogP contribution in [-0.2, 0) is 6.54 Å². The lowest BCUT2D eigenvalue weighted by molar-refractivity contribution is 0.507. The maximum absolute atomic E-state index is 12.7. The molecular formula is C22H39BrN2OS2. The maximum atomic E-state index is 12.7. The van der Waals surface area contributed by atoms with Crippen molar-refractivity contribution in [2.75, 3.05) is 11.1 Å². The number of rotatable bonds is 17. The van der Waals surface area contributed by atoms with E-state index in [0.29, 0.717) is 5.56 Å². The number of alkyl halides is 1. The predicted octanol–water partition coefficient (Wildman–Crippen LogP) is 7.38. The van der Waals surface area contributed by atoms with Gasteiger partial charge in [0.05, 0.1) is 9.76 Å². The van der Waals surface area contributed by atoms with Crippen LogP contribution in [0.4, 0.5) is 0 Å². The van der Waals surface area contributed by atoms with Gasteiger partial charge in [0.1, 0.15) is 0 Å². The molecule has 0 aromatic carbocycles. The van der Waals surface area contributed by atoms with Crippen LogP contribution in [0.5, 0.6) is 0 Å². The number of halogens is 1. The van der Waals surface area contributed by atoms with Crippen LogP contribution in [-0.4, -0.2) is 25.1 Å². The summed E-state index contributed by atoms with van der Waals surface area (Å²) in [6.07, 6.45) is 16.6. The van der Waals surface area contributed by atoms with Gasteiger partial charge in [-0.3, -0.25) is 14.6 Å². The number of H-pyrrole nitrogens is 1. The van der Waals surface area contributed by atoms with Crippen LogP contribution in [0.3, 0.4) is 0 Å². The summed E-state index contributed by atoms with van der Waals surface area (Å²) >= 11 is 10.6. The van der Waals surface area contributed by atoms with Crippen molar-refractivity contribution in [1.29, 1.82) is 0 Å². The summed E-state index contributed by atoms with van der Waals surface area (Å²) in [5.41, 5.74) is 1.69. The van der Waals surface area contributed by atoms with Gasteiger partial charge in [-0.1, -0.05) is 99.3 Å². The van der Waals surface area contributed by atoms with Gasteiger partial charge in [0.2, 0.25) is 0 Å². The van der Waals surface area contributed by atoms with Gasteiger partial charge in [-0.25, -0.2) is 0 Å². The van der Waals surface area contributed by atoms with Crippen molar-refractivity contribution in [2.45, 2.75) is 104 Å². The molecular weight excluding hydrogens is 452 g/mol. The Balaban J connectivity index is 2.25. The van der Waals surface area contributed by atoms with E-state index in [9.17, 15) is 4.79 Å². The predicted molar refractivity (Wildman–Crippen MR) is 133 cm³/mol. The molecule has 1 N–H and O–H groups in total. The minimum absolute atomic E-state index is 0.0615. The second-order valence-corrected chi connectivity index (χ2v) is 10.2. The Hall–Kier alpha value is -0.0700. The van der Waals surface area contributed by atoms with Crippen LogP contribution in [0.2, 0.25) is 0 Å². The van der Waals surface area contributed by atoms with Crippen molar-refractivity contribution >= 4 is 44.1 Å². The molecule has 1 heterocycles. The van der Waals surface area contributed by atoms with E-state index in [1.54, 1.807) is 16.4 Å². The summed E-state index contributed by atoms with van der Waals surface area (Å²) in [5.74, 6) is 0.994. The largest absolute Gasteiger partial charge is 0.299 e. The molecule has 0 aliphatic heterocycles. The Labute approximate surface area is 189 Å². The average molecular weight is 492 g/mol. The molecule has 3 nitrogen and oxygen atoms in total. The van der Waals surface area contributed by atoms with Gasteiger partial charge < -0.3 is 0 Å². The molecule has 0 fully saturated rings. The number of unbranched alkanes of at least 4 members (excludes halogenated alkanes) is 11. The summed E-state index contributed by atoms with van der Waals surface area (Å²) in [5, 5.41) is 4.29. The monoisotopic (exact) mass is 490 g/mol. The lowest BCUT2D eigenvalue weighted by Crippen LogP contribution is -2.20. The quantitative estimate of drug-likeness (QED) is 0.140. The van der Waals surface area contributed by atoms with E-state index < -0.39 is 0 Å². The number of nitrogens with one attached hydrogen (secondary N) is 1. The van der Waals surface area contributed by atoms with Crippen LogP contribution < -0.4 is 5.56 Å². The fourth-order valence-electron chi connectivity index (χ4n) is 3.37. The maximum Gasteiger partial charge on any atom is 0.276 e. The Kier molecular flexibility index (Phi) is 15.5. The molecule has 0 aliphatic carbocycles. The molecule has 162 valence electrons. The summed E-state index contributed by atoms with van der Waals surface area (Å²) in [6, 6.07) is 0. The third kappa shape index (κ3) is 10.6. The SMILES string of the molecule is CCCCCCCCCCCCn1[nH]c(C)c(C(=S)SCCCCCBr)c1=O. The van der Waals surface area contributed by atoms with Crippen LogP contribution in [0.1, 0.15) is 102 Å². The van der Waals surface area contributed by atoms with Gasteiger partial charge in [0.25, 0.3) is 5.56 Å². The highest BCUT2D eigenvalue weighted by atomic mass is 79.9. The van der Waals surface area contributed by atoms with Gasteiger partial charge in [-0.15, -0.1) is 11.8 Å². The highest BCUT2D eigenvalue weighted by molar-refractivity contribution is 9.09. The molecule has 0 saturated carbocycles. The Morgan fingerprint density at radius 3 is 2.14 bits per heavy atom. The molecule has 0 atom stereocenters. The highest BCUT2D eigenvalue weighted by Gasteiger charge is 2.15. The molecule has 0 unspecified atom stereocenters. The number of aromatic amines is 1. The number of aromatic nitrogens is 2. The first-order chi connectivity index (χ1) is 13.6. The molecule has 0 aliphatic rings. The molecule has 0 spiro atoms. The molecule has 28 heavy (non-hydrogen) atoms. The van der Waals surface area contributed by atoms with Crippen molar-refractivity contribution in [3.05, 3.63) is 21.6 Å². The normalized spacial score (nSPS) is 11.2. The number of thiocarbonyl (C=S) groups is 1. The smallest absolute Gasteiger partial charge is 0.276 e. The number of hydrogen-bond acceptors (Lipinski definition) is 3. The Bertz CT molecular complexity index is 598. The Morgan fingerprint density at radius 2 is 1.54 bits per heavy atom. The lowest BCUT2D eigenvalue weighted by atomic mass is 10.1. The van der Waals surface area contributed by atoms with E-state index in [4.69, 9.17) is 12.2 Å². The van der Waals surface area contributed by atoms with E-state index in [2.05, 4.69) is 28.0 Å². The fraction of sp³-hybridized carbons (Fsp3) is 0.818. The average Bonchev–Trinajstić information content (AvgIpc) is 2.96. The second kappa shape index (κ2) is 16.7. The van der Waals surface area contributed by atoms with Crippen molar-refractivity contribution in [1.82, 2.24) is 9.78 Å². The van der Waals surface area contributed by atoms with Crippen molar-refractivity contribution < 1.29 is 0 Å². The molecule has 1 aromatic heterocycles. The summed E-state index contributed by atoms with van der Waals surface area (Å²) in [4.78, 5) is 12.7. The number of nitrogens with zero attached hydrogens (tertiary/aromatic N) is 1. The molecule has 6 heteroatoms. The number of thioether (sulfide) groups is 1. The van der Waals surface area contributed by atoms with E-state index in [0.717, 1.165) is 40.4 Å². The second-order valence-electron chi connectivity index (χ2n) is 7.64. The fourth-order valence-corrected chi connectivity index (χ4v) is 5.18. The van der Waals surface area contributed by atoms with Crippen LogP contribution in [0.25, 0.3) is 0 Å². The molecule has 0 bridgehead atoms. The van der Waals surface area contributed by atoms with E-state index in [1.165, 1.54) is 70.6 Å². The van der Waals surface area contributed by atoms with Crippen LogP contribution in [0, 0.1) is 6.92 Å². The van der Waals surface area contributed by atoms with Gasteiger partial charge >= 0.3 is 0 Å². The third-order valence-electron chi connectivity index (χ3n) is 5.09. The first kappa shape index (κ1) is 26.0. The minimum Gasteiger partial charge on any atom is -0.299 e. The first-order valence-electron chi connectivity index (χ1n) is 11.1. The summed E-state index contributed by atoms with van der Waals surface area (Å²) < 4.78 is 2.51. The lowest BCUT2D eigenvalue weighted by Gasteiger charge is -2.03. The molecule has 0 amide bonds. The molecule has 1 rings (SSSR count). The van der Waals surface area contributed by atoms with Gasteiger partial charge in [0, 0.05) is 17.6 Å². The molecule has 1 aromatic rings. The standard InChI is InChI=1S/C22H39BrN2OS2/c1-3-4-5-6-7-8-9-10-11-14-17-25-21(26)20(19(2)24-25)22(27)28-18-15-12-13-16-23/h24H,3-18H2,1-2H3. The minimum atomic E-state index is 0.0615. The topological polar surface area (TPSA) is 37.8 Å². The first-order valence-corrected chi connectivity index (χ1v) is 13.7. The van der Waals surface area contributed by atoms with Gasteiger partial charge in [0.15, 0.2) is 0 Å². The zero-order chi connectivity index (χ0) is 20.6. The van der Waals surface area contributed by atoms with E-state index in [1.807, 2.05) is 6.92 Å². The van der Waals surface area contributed by atoms with Crippen LogP contribution >= 0.6 is 39.9 Å². The van der Waals surface area contributed by atoms with Crippen molar-refractivity contribution in [3.63, 3.8) is 0 Å². The van der Waals surface area contributed by atoms with E-state index >= 15 is 0 Å². The number of aryl methyl sites for hydroxylation is 2. The third-order valence-corrected chi connectivity index (χ3v) is 7.16. The van der Waals surface area contributed by atoms with E-state index in [-0.39, 0.29) is 5.56 Å². The van der Waals surface area contributed by atoms with Gasteiger partial charge in [-0.2, -0.15) is 0 Å². The molecule has 0 radical (unpaired) electrons. The molecule has 0 saturated heterocycles. The van der Waals surface area contributed by atoms with Crippen molar-refractivity contribution in [2.24, 2.45) is 0 Å². The van der Waals surface area contributed by atoms with Gasteiger partial charge in [-0.05, 0) is 31.9 Å². The number of hydrogen-bond donors (Lipinski definition) is 1. The highest BCUT2D eigenvalue weighted by Crippen LogP contribution is 2.17. The zero-order valence-corrected chi connectivity index (χ0v) is 21.1. The zero-order valence-electron chi connectivity index (χ0n) is 17.9.